The van der Waals surface area contributed by atoms with E-state index < -0.39 is 4.92 Å². The highest BCUT2D eigenvalue weighted by Crippen LogP contribution is 2.41. The number of anilines is 1. The monoisotopic (exact) mass is 463 g/mol. The molecule has 0 amide bonds. The smallest absolute Gasteiger partial charge is 0.269 e. The molecule has 0 fully saturated rings. The van der Waals surface area contributed by atoms with Crippen molar-refractivity contribution < 1.29 is 14.5 Å². The summed E-state index contributed by atoms with van der Waals surface area (Å²) in [5.74, 6) is 2.05. The number of aromatic nitrogens is 3. The van der Waals surface area contributed by atoms with Crippen molar-refractivity contribution in [1.29, 1.82) is 0 Å². The lowest BCUT2D eigenvalue weighted by Gasteiger charge is -2.32. The second kappa shape index (κ2) is 8.70. The summed E-state index contributed by atoms with van der Waals surface area (Å²) in [5, 5.41) is 19.5. The minimum Gasteiger partial charge on any atom is -0.497 e. The molecule has 3 aromatic rings. The molecule has 1 aromatic heterocycles. The fourth-order valence-electron chi connectivity index (χ4n) is 4.15. The first-order chi connectivity index (χ1) is 16.0. The Morgan fingerprint density at radius 1 is 1.18 bits per heavy atom. The number of fused-ring (bicyclic) bond motifs is 1. The first-order valence-electron chi connectivity index (χ1n) is 10.5. The van der Waals surface area contributed by atoms with Gasteiger partial charge in [-0.05, 0) is 36.1 Å². The van der Waals surface area contributed by atoms with E-state index in [1.54, 1.807) is 23.9 Å². The summed E-state index contributed by atoms with van der Waals surface area (Å²) in [7, 11) is 1.62. The maximum atomic E-state index is 12.9. The van der Waals surface area contributed by atoms with E-state index in [1.807, 2.05) is 24.3 Å². The summed E-state index contributed by atoms with van der Waals surface area (Å²) in [6, 6.07) is 13.8. The Morgan fingerprint density at radius 2 is 1.94 bits per heavy atom. The van der Waals surface area contributed by atoms with Crippen molar-refractivity contribution in [2.45, 2.75) is 36.2 Å². The zero-order valence-corrected chi connectivity index (χ0v) is 18.7. The van der Waals surface area contributed by atoms with Crippen molar-refractivity contribution in [3.63, 3.8) is 0 Å². The lowest BCUT2D eigenvalue weighted by Crippen LogP contribution is -2.31. The molecule has 10 heteroatoms. The second-order valence-electron chi connectivity index (χ2n) is 7.84. The normalized spacial score (nSPS) is 17.2. The van der Waals surface area contributed by atoms with Crippen LogP contribution in [0.3, 0.4) is 0 Å². The fourth-order valence-corrected chi connectivity index (χ4v) is 4.94. The number of rotatable bonds is 6. The molecule has 0 saturated heterocycles. The summed E-state index contributed by atoms with van der Waals surface area (Å²) in [6.45, 7) is 0. The van der Waals surface area contributed by atoms with Crippen molar-refractivity contribution in [3.8, 4) is 5.75 Å². The Hall–Kier alpha value is -3.66. The van der Waals surface area contributed by atoms with E-state index in [9.17, 15) is 14.9 Å². The van der Waals surface area contributed by atoms with Crippen molar-refractivity contribution >= 4 is 29.2 Å². The van der Waals surface area contributed by atoms with E-state index in [0.29, 0.717) is 23.3 Å². The largest absolute Gasteiger partial charge is 0.497 e. The zero-order chi connectivity index (χ0) is 22.9. The van der Waals surface area contributed by atoms with E-state index in [4.69, 9.17) is 9.84 Å². The van der Waals surface area contributed by atoms with Crippen molar-refractivity contribution in [3.05, 3.63) is 81.0 Å². The van der Waals surface area contributed by atoms with Crippen LogP contribution in [0, 0.1) is 10.1 Å². The van der Waals surface area contributed by atoms with Gasteiger partial charge >= 0.3 is 0 Å². The maximum Gasteiger partial charge on any atom is 0.269 e. The number of hydrogen-bond donors (Lipinski definition) is 1. The molecule has 1 unspecified atom stereocenters. The molecule has 2 heterocycles. The minimum atomic E-state index is -0.414. The fraction of sp³-hybridized carbons (Fsp3) is 0.261. The van der Waals surface area contributed by atoms with Crippen LogP contribution in [0.2, 0.25) is 0 Å². The Kier molecular flexibility index (Phi) is 5.59. The predicted molar refractivity (Wildman–Crippen MR) is 123 cm³/mol. The van der Waals surface area contributed by atoms with E-state index in [1.165, 1.54) is 23.9 Å². The average Bonchev–Trinajstić information content (AvgIpc) is 3.24. The number of Topliss-reactive ketones (excluding diaryl/α,β-unsaturated/α-hetero) is 1. The molecule has 1 N–H and O–H groups in total. The number of non-ortho nitro benzene ring substituents is 1. The van der Waals surface area contributed by atoms with Gasteiger partial charge in [-0.15, -0.1) is 5.10 Å². The number of nitrogens with zero attached hydrogens (tertiary/aromatic N) is 4. The molecular weight excluding hydrogens is 442 g/mol. The number of methoxy groups -OCH3 is 1. The maximum absolute atomic E-state index is 12.9. The van der Waals surface area contributed by atoms with Gasteiger partial charge in [-0.1, -0.05) is 36.0 Å². The molecule has 1 aliphatic heterocycles. The van der Waals surface area contributed by atoms with Gasteiger partial charge in [-0.2, -0.15) is 4.98 Å². The summed E-state index contributed by atoms with van der Waals surface area (Å²) in [5.41, 5.74) is 3.60. The number of thioether (sulfide) groups is 1. The quantitative estimate of drug-likeness (QED) is 0.323. The molecule has 168 valence electrons. The molecule has 1 atom stereocenters. The Morgan fingerprint density at radius 3 is 2.64 bits per heavy atom. The van der Waals surface area contributed by atoms with Crippen molar-refractivity contribution in [2.24, 2.45) is 0 Å². The zero-order valence-electron chi connectivity index (χ0n) is 17.9. The number of carbonyl (C=O) groups is 1. The van der Waals surface area contributed by atoms with Crippen LogP contribution in [0.4, 0.5) is 11.6 Å². The molecule has 2 aromatic carbocycles. The number of hydrogen-bond acceptors (Lipinski definition) is 8. The number of benzene rings is 2. The van der Waals surface area contributed by atoms with Crippen LogP contribution in [-0.2, 0) is 10.5 Å². The SMILES string of the molecule is COc1ccc(C2C3=C(CCCC3=O)Nc3nc(SCc4ccc([N+](=O)[O-])cc4)nn32)cc1. The lowest BCUT2D eigenvalue weighted by molar-refractivity contribution is -0.384. The van der Waals surface area contributed by atoms with E-state index in [0.717, 1.165) is 41.0 Å². The first kappa shape index (κ1) is 21.2. The summed E-state index contributed by atoms with van der Waals surface area (Å²) < 4.78 is 7.07. The van der Waals surface area contributed by atoms with Gasteiger partial charge in [0.25, 0.3) is 5.69 Å². The third-order valence-corrected chi connectivity index (χ3v) is 6.70. The van der Waals surface area contributed by atoms with Gasteiger partial charge < -0.3 is 10.1 Å². The molecule has 1 aliphatic carbocycles. The van der Waals surface area contributed by atoms with Gasteiger partial charge in [-0.25, -0.2) is 4.68 Å². The van der Waals surface area contributed by atoms with Crippen LogP contribution in [-0.4, -0.2) is 32.6 Å². The molecule has 5 rings (SSSR count). The molecule has 2 aliphatic rings. The van der Waals surface area contributed by atoms with Crippen LogP contribution in [0.25, 0.3) is 0 Å². The minimum absolute atomic E-state index is 0.0622. The summed E-state index contributed by atoms with van der Waals surface area (Å²) in [4.78, 5) is 28.0. The van der Waals surface area contributed by atoms with Gasteiger partial charge in [0.1, 0.15) is 11.8 Å². The van der Waals surface area contributed by atoms with Crippen molar-refractivity contribution in [2.75, 3.05) is 12.4 Å². The third-order valence-electron chi connectivity index (χ3n) is 5.80. The van der Waals surface area contributed by atoms with Crippen LogP contribution in [0.5, 0.6) is 5.75 Å². The standard InChI is InChI=1S/C23H21N5O4S/c1-32-17-11-7-15(8-12-17)21-20-18(3-2-4-19(20)29)24-22-25-23(26-27(21)22)33-13-14-5-9-16(10-6-14)28(30)31/h5-12,21H,2-4,13H2,1H3,(H,24,25,26). The topological polar surface area (TPSA) is 112 Å². The lowest BCUT2D eigenvalue weighted by atomic mass is 9.85. The number of allylic oxidation sites excluding steroid dienone is 2. The van der Waals surface area contributed by atoms with Gasteiger partial charge in [0.05, 0.1) is 12.0 Å². The molecule has 0 spiro atoms. The average molecular weight is 464 g/mol. The van der Waals surface area contributed by atoms with E-state index >= 15 is 0 Å². The highest BCUT2D eigenvalue weighted by molar-refractivity contribution is 7.98. The molecule has 0 saturated carbocycles. The number of nitrogens with one attached hydrogen (secondary N) is 1. The highest BCUT2D eigenvalue weighted by Gasteiger charge is 2.36. The summed E-state index contributed by atoms with van der Waals surface area (Å²) in [6.07, 6.45) is 2.14. The van der Waals surface area contributed by atoms with Gasteiger partial charge in [-0.3, -0.25) is 14.9 Å². The second-order valence-corrected chi connectivity index (χ2v) is 8.79. The molecule has 0 radical (unpaired) electrons. The molecule has 33 heavy (non-hydrogen) atoms. The molecule has 0 bridgehead atoms. The predicted octanol–water partition coefficient (Wildman–Crippen LogP) is 4.51. The molecular formula is C23H21N5O4S. The van der Waals surface area contributed by atoms with E-state index in [2.05, 4.69) is 10.3 Å². The van der Waals surface area contributed by atoms with Crippen LogP contribution >= 0.6 is 11.8 Å². The van der Waals surface area contributed by atoms with Crippen LogP contribution < -0.4 is 10.1 Å². The summed E-state index contributed by atoms with van der Waals surface area (Å²) >= 11 is 1.44. The number of nitro benzene ring substituents is 1. The van der Waals surface area contributed by atoms with Gasteiger partial charge in [0.15, 0.2) is 5.78 Å². The molecule has 9 nitrogen and oxygen atoms in total. The number of ether oxygens (including phenoxy) is 1. The number of ketones is 1. The first-order valence-corrected chi connectivity index (χ1v) is 11.5. The van der Waals surface area contributed by atoms with E-state index in [-0.39, 0.29) is 17.5 Å². The van der Waals surface area contributed by atoms with Crippen molar-refractivity contribution in [1.82, 2.24) is 14.8 Å². The highest BCUT2D eigenvalue weighted by atomic mass is 32.2. The van der Waals surface area contributed by atoms with Crippen LogP contribution in [0.15, 0.2) is 65.0 Å². The van der Waals surface area contributed by atoms with Crippen LogP contribution in [0.1, 0.15) is 36.4 Å². The Balaban J connectivity index is 1.44. The third kappa shape index (κ3) is 4.09. The number of carbonyl (C=O) groups excluding carboxylic acids is 1. The Labute approximate surface area is 194 Å². The van der Waals surface area contributed by atoms with Gasteiger partial charge in [0, 0.05) is 35.6 Å². The van der Waals surface area contributed by atoms with Gasteiger partial charge in [0.2, 0.25) is 11.1 Å². The Bertz CT molecular complexity index is 1250. The number of nitro groups is 1.